The molecule has 3 heteroatoms. The van der Waals surface area contributed by atoms with Gasteiger partial charge in [0.2, 0.25) is 0 Å². The van der Waals surface area contributed by atoms with Crippen LogP contribution in [0, 0.1) is 0 Å². The van der Waals surface area contributed by atoms with Gasteiger partial charge in [0.25, 0.3) is 0 Å². The quantitative estimate of drug-likeness (QED) is 0.921. The van der Waals surface area contributed by atoms with Gasteiger partial charge >= 0.3 is 0 Å². The molecule has 0 bridgehead atoms. The van der Waals surface area contributed by atoms with Gasteiger partial charge in [-0.1, -0.05) is 47.3 Å². The van der Waals surface area contributed by atoms with E-state index in [4.69, 9.17) is 5.73 Å². The molecular formula is C15H23BrN2. The molecule has 0 unspecified atom stereocenters. The summed E-state index contributed by atoms with van der Waals surface area (Å²) in [5.74, 6) is 0. The zero-order chi connectivity index (χ0) is 13.0. The second kappa shape index (κ2) is 6.18. The average Bonchev–Trinajstić information content (AvgIpc) is 2.42. The predicted octanol–water partition coefficient (Wildman–Crippen LogP) is 3.54. The van der Waals surface area contributed by atoms with Gasteiger partial charge in [-0.15, -0.1) is 0 Å². The molecule has 0 aromatic heterocycles. The molecule has 0 heterocycles. The van der Waals surface area contributed by atoms with Crippen molar-refractivity contribution >= 4 is 15.9 Å². The first-order valence-corrected chi connectivity index (χ1v) is 7.61. The van der Waals surface area contributed by atoms with Crippen LogP contribution in [0.3, 0.4) is 0 Å². The monoisotopic (exact) mass is 310 g/mol. The summed E-state index contributed by atoms with van der Waals surface area (Å²) in [6.45, 7) is 1.77. The van der Waals surface area contributed by atoms with Crippen LogP contribution in [0.5, 0.6) is 0 Å². The zero-order valence-corrected chi connectivity index (χ0v) is 12.7. The van der Waals surface area contributed by atoms with Gasteiger partial charge in [-0.05, 0) is 37.6 Å². The van der Waals surface area contributed by atoms with Gasteiger partial charge in [-0.2, -0.15) is 0 Å². The summed E-state index contributed by atoms with van der Waals surface area (Å²) in [5.41, 5.74) is 7.66. The highest BCUT2D eigenvalue weighted by molar-refractivity contribution is 9.10. The number of nitrogens with zero attached hydrogens (tertiary/aromatic N) is 1. The molecule has 0 atom stereocenters. The number of hydrogen-bond donors (Lipinski definition) is 1. The minimum Gasteiger partial charge on any atom is -0.329 e. The van der Waals surface area contributed by atoms with E-state index in [1.165, 1.54) is 37.7 Å². The topological polar surface area (TPSA) is 29.3 Å². The first-order chi connectivity index (χ1) is 8.66. The van der Waals surface area contributed by atoms with E-state index < -0.39 is 0 Å². The first-order valence-electron chi connectivity index (χ1n) is 6.82. The lowest BCUT2D eigenvalue weighted by atomic mass is 9.80. The Kier molecular flexibility index (Phi) is 4.82. The fraction of sp³-hybridized carbons (Fsp3) is 0.600. The Labute approximate surface area is 119 Å². The molecule has 2 N–H and O–H groups in total. The molecule has 1 aromatic carbocycles. The third-order valence-electron chi connectivity index (χ3n) is 4.31. The van der Waals surface area contributed by atoms with Crippen LogP contribution in [0.25, 0.3) is 0 Å². The van der Waals surface area contributed by atoms with Crippen molar-refractivity contribution < 1.29 is 0 Å². The molecule has 2 nitrogen and oxygen atoms in total. The summed E-state index contributed by atoms with van der Waals surface area (Å²) in [5, 5.41) is 0. The fourth-order valence-electron chi connectivity index (χ4n) is 2.98. The van der Waals surface area contributed by atoms with Gasteiger partial charge in [0.15, 0.2) is 0 Å². The summed E-state index contributed by atoms with van der Waals surface area (Å²) in [6.07, 6.45) is 6.50. The number of hydrogen-bond acceptors (Lipinski definition) is 2. The third-order valence-corrected chi connectivity index (χ3v) is 4.84. The largest absolute Gasteiger partial charge is 0.329 e. The predicted molar refractivity (Wildman–Crippen MR) is 80.5 cm³/mol. The average molecular weight is 311 g/mol. The van der Waals surface area contributed by atoms with E-state index in [2.05, 4.69) is 52.1 Å². The molecule has 0 radical (unpaired) electrons. The number of benzene rings is 1. The van der Waals surface area contributed by atoms with Crippen LogP contribution in [-0.4, -0.2) is 24.0 Å². The highest BCUT2D eigenvalue weighted by Gasteiger charge is 2.34. The molecule has 0 aliphatic heterocycles. The highest BCUT2D eigenvalue weighted by Crippen LogP contribution is 2.33. The van der Waals surface area contributed by atoms with Crippen molar-refractivity contribution in [3.63, 3.8) is 0 Å². The van der Waals surface area contributed by atoms with Gasteiger partial charge in [-0.25, -0.2) is 0 Å². The van der Waals surface area contributed by atoms with Gasteiger partial charge in [0.1, 0.15) is 0 Å². The van der Waals surface area contributed by atoms with Crippen LogP contribution >= 0.6 is 15.9 Å². The zero-order valence-electron chi connectivity index (χ0n) is 11.2. The molecule has 1 aliphatic rings. The van der Waals surface area contributed by atoms with Crippen molar-refractivity contribution in [2.24, 2.45) is 5.73 Å². The van der Waals surface area contributed by atoms with Crippen molar-refractivity contribution in [3.8, 4) is 0 Å². The Morgan fingerprint density at radius 1 is 1.17 bits per heavy atom. The maximum Gasteiger partial charge on any atom is 0.0332 e. The van der Waals surface area contributed by atoms with Crippen LogP contribution in [0.2, 0.25) is 0 Å². The molecule has 1 aromatic rings. The second-order valence-electron chi connectivity index (χ2n) is 5.47. The smallest absolute Gasteiger partial charge is 0.0332 e. The van der Waals surface area contributed by atoms with Gasteiger partial charge < -0.3 is 5.73 Å². The van der Waals surface area contributed by atoms with E-state index in [0.717, 1.165) is 17.6 Å². The fourth-order valence-corrected chi connectivity index (χ4v) is 3.25. The molecular weight excluding hydrogens is 288 g/mol. The van der Waals surface area contributed by atoms with Crippen LogP contribution < -0.4 is 5.73 Å². The maximum atomic E-state index is 6.07. The number of halogens is 1. The number of likely N-dealkylation sites (N-methyl/N-ethyl adjacent to an activating group) is 1. The molecule has 0 spiro atoms. The highest BCUT2D eigenvalue weighted by atomic mass is 79.9. The summed E-state index contributed by atoms with van der Waals surface area (Å²) < 4.78 is 1.14. The molecule has 0 amide bonds. The first kappa shape index (κ1) is 14.0. The Balaban J connectivity index is 2.05. The van der Waals surface area contributed by atoms with Crippen LogP contribution in [0.4, 0.5) is 0 Å². The van der Waals surface area contributed by atoms with E-state index in [-0.39, 0.29) is 5.54 Å². The van der Waals surface area contributed by atoms with Crippen LogP contribution in [0.15, 0.2) is 28.7 Å². The van der Waals surface area contributed by atoms with E-state index in [1.807, 2.05) is 0 Å². The van der Waals surface area contributed by atoms with Crippen LogP contribution in [-0.2, 0) is 6.54 Å². The van der Waals surface area contributed by atoms with Crippen molar-refractivity contribution in [1.82, 2.24) is 4.90 Å². The van der Waals surface area contributed by atoms with E-state index >= 15 is 0 Å². The maximum absolute atomic E-state index is 6.07. The summed E-state index contributed by atoms with van der Waals surface area (Å²) in [6, 6.07) is 8.60. The Morgan fingerprint density at radius 3 is 2.33 bits per heavy atom. The summed E-state index contributed by atoms with van der Waals surface area (Å²) >= 11 is 3.48. The van der Waals surface area contributed by atoms with Crippen molar-refractivity contribution in [2.75, 3.05) is 13.6 Å². The Bertz CT molecular complexity index is 369. The van der Waals surface area contributed by atoms with Crippen molar-refractivity contribution in [2.45, 2.75) is 44.2 Å². The van der Waals surface area contributed by atoms with Gasteiger partial charge in [0.05, 0.1) is 0 Å². The lowest BCUT2D eigenvalue weighted by Crippen LogP contribution is -2.52. The number of rotatable bonds is 4. The molecule has 18 heavy (non-hydrogen) atoms. The molecule has 1 saturated carbocycles. The SMILES string of the molecule is CN(Cc1ccc(Br)cc1)C1(CN)CCCCC1. The van der Waals surface area contributed by atoms with E-state index in [9.17, 15) is 0 Å². The number of nitrogens with two attached hydrogens (primary N) is 1. The van der Waals surface area contributed by atoms with Gasteiger partial charge in [-0.3, -0.25) is 4.90 Å². The third kappa shape index (κ3) is 3.14. The standard InChI is InChI=1S/C15H23BrN2/c1-18(11-13-5-7-14(16)8-6-13)15(12-17)9-3-2-4-10-15/h5-8H,2-4,9-12,17H2,1H3. The lowest BCUT2D eigenvalue weighted by molar-refractivity contribution is 0.0758. The molecule has 1 aliphatic carbocycles. The van der Waals surface area contributed by atoms with E-state index in [0.29, 0.717) is 0 Å². The lowest BCUT2D eigenvalue weighted by Gasteiger charge is -2.44. The minimum atomic E-state index is 0.228. The Morgan fingerprint density at radius 2 is 1.78 bits per heavy atom. The van der Waals surface area contributed by atoms with Gasteiger partial charge in [0, 0.05) is 23.1 Å². The van der Waals surface area contributed by atoms with Crippen molar-refractivity contribution in [1.29, 1.82) is 0 Å². The molecule has 2 rings (SSSR count). The molecule has 0 saturated heterocycles. The normalized spacial score (nSPS) is 19.1. The molecule has 1 fully saturated rings. The molecule has 100 valence electrons. The minimum absolute atomic E-state index is 0.228. The van der Waals surface area contributed by atoms with Crippen molar-refractivity contribution in [3.05, 3.63) is 34.3 Å². The summed E-state index contributed by atoms with van der Waals surface area (Å²) in [7, 11) is 2.22. The summed E-state index contributed by atoms with van der Waals surface area (Å²) in [4.78, 5) is 2.47. The van der Waals surface area contributed by atoms with Crippen LogP contribution in [0.1, 0.15) is 37.7 Å². The Hall–Kier alpha value is -0.380. The van der Waals surface area contributed by atoms with E-state index in [1.54, 1.807) is 0 Å². The second-order valence-corrected chi connectivity index (χ2v) is 6.39.